The molecular formula is C16H24N2. The molecule has 0 aliphatic carbocycles. The number of hydrogen-bond acceptors (Lipinski definition) is 2. The molecule has 0 aromatic heterocycles. The first-order valence-electron chi connectivity index (χ1n) is 6.61. The molecule has 98 valence electrons. The summed E-state index contributed by atoms with van der Waals surface area (Å²) in [5.74, 6) is 0. The van der Waals surface area contributed by atoms with Gasteiger partial charge in [-0.15, -0.1) is 0 Å². The molecule has 0 N–H and O–H groups in total. The van der Waals surface area contributed by atoms with Crippen molar-refractivity contribution in [2.75, 3.05) is 11.9 Å². The lowest BCUT2D eigenvalue weighted by atomic mass is 9.83. The van der Waals surface area contributed by atoms with Gasteiger partial charge >= 0.3 is 0 Å². The standard InChI is InChI=1S/C16H24N2/c1-12-14(16(3,4)5)8-7-9-15(12)18-11-10-17(6)13(18)2/h7-11,13H,1-6H3/t13-/m0/s1. The van der Waals surface area contributed by atoms with Crippen LogP contribution in [-0.2, 0) is 5.41 Å². The molecule has 0 unspecified atom stereocenters. The maximum Gasteiger partial charge on any atom is 0.102 e. The van der Waals surface area contributed by atoms with E-state index in [1.165, 1.54) is 16.8 Å². The van der Waals surface area contributed by atoms with Gasteiger partial charge in [0.15, 0.2) is 0 Å². The molecule has 0 saturated heterocycles. The molecule has 2 rings (SSSR count). The number of anilines is 1. The van der Waals surface area contributed by atoms with E-state index in [0.29, 0.717) is 6.17 Å². The molecular weight excluding hydrogens is 220 g/mol. The minimum absolute atomic E-state index is 0.193. The van der Waals surface area contributed by atoms with Gasteiger partial charge < -0.3 is 9.80 Å². The van der Waals surface area contributed by atoms with Crippen molar-refractivity contribution >= 4 is 5.69 Å². The van der Waals surface area contributed by atoms with Crippen molar-refractivity contribution in [3.8, 4) is 0 Å². The first kappa shape index (κ1) is 13.0. The zero-order valence-electron chi connectivity index (χ0n) is 12.4. The smallest absolute Gasteiger partial charge is 0.102 e. The second-order valence-corrected chi connectivity index (χ2v) is 6.20. The Morgan fingerprint density at radius 3 is 2.28 bits per heavy atom. The van der Waals surface area contributed by atoms with E-state index in [2.05, 4.69) is 82.1 Å². The molecule has 1 aliphatic heterocycles. The van der Waals surface area contributed by atoms with Crippen LogP contribution in [0.25, 0.3) is 0 Å². The summed E-state index contributed by atoms with van der Waals surface area (Å²) in [4.78, 5) is 4.56. The largest absolute Gasteiger partial charge is 0.359 e. The summed E-state index contributed by atoms with van der Waals surface area (Å²) in [5.41, 5.74) is 4.32. The zero-order chi connectivity index (χ0) is 13.5. The van der Waals surface area contributed by atoms with E-state index in [0.717, 1.165) is 0 Å². The van der Waals surface area contributed by atoms with Crippen molar-refractivity contribution in [2.24, 2.45) is 0 Å². The van der Waals surface area contributed by atoms with Crippen molar-refractivity contribution in [1.82, 2.24) is 4.90 Å². The van der Waals surface area contributed by atoms with Crippen molar-refractivity contribution in [3.05, 3.63) is 41.7 Å². The van der Waals surface area contributed by atoms with Gasteiger partial charge in [0, 0.05) is 25.1 Å². The molecule has 2 heteroatoms. The first-order chi connectivity index (χ1) is 8.32. The molecule has 1 aliphatic rings. The van der Waals surface area contributed by atoms with E-state index < -0.39 is 0 Å². The lowest BCUT2D eigenvalue weighted by Gasteiger charge is -2.31. The van der Waals surface area contributed by atoms with Gasteiger partial charge in [0.2, 0.25) is 0 Å². The van der Waals surface area contributed by atoms with E-state index >= 15 is 0 Å². The van der Waals surface area contributed by atoms with Gasteiger partial charge in [-0.2, -0.15) is 0 Å². The molecule has 1 heterocycles. The Labute approximate surface area is 111 Å². The number of rotatable bonds is 1. The van der Waals surface area contributed by atoms with Gasteiger partial charge in [0.1, 0.15) is 6.17 Å². The van der Waals surface area contributed by atoms with Crippen LogP contribution in [-0.4, -0.2) is 18.1 Å². The normalized spacial score (nSPS) is 19.8. The van der Waals surface area contributed by atoms with Gasteiger partial charge in [-0.3, -0.25) is 0 Å². The molecule has 0 saturated carbocycles. The van der Waals surface area contributed by atoms with Crippen LogP contribution in [0.15, 0.2) is 30.6 Å². The topological polar surface area (TPSA) is 6.48 Å². The second kappa shape index (κ2) is 4.34. The molecule has 0 bridgehead atoms. The molecule has 0 radical (unpaired) electrons. The highest BCUT2D eigenvalue weighted by Crippen LogP contribution is 2.34. The average Bonchev–Trinajstić information content (AvgIpc) is 2.59. The van der Waals surface area contributed by atoms with Crippen molar-refractivity contribution in [1.29, 1.82) is 0 Å². The van der Waals surface area contributed by atoms with Crippen LogP contribution in [0.1, 0.15) is 38.8 Å². The molecule has 0 amide bonds. The van der Waals surface area contributed by atoms with E-state index in [4.69, 9.17) is 0 Å². The predicted molar refractivity (Wildman–Crippen MR) is 78.7 cm³/mol. The van der Waals surface area contributed by atoms with Crippen molar-refractivity contribution in [3.63, 3.8) is 0 Å². The van der Waals surface area contributed by atoms with Crippen LogP contribution < -0.4 is 4.90 Å². The van der Waals surface area contributed by atoms with Crippen molar-refractivity contribution in [2.45, 2.75) is 46.2 Å². The Morgan fingerprint density at radius 1 is 1.11 bits per heavy atom. The minimum atomic E-state index is 0.193. The number of benzene rings is 1. The number of nitrogens with zero attached hydrogens (tertiary/aromatic N) is 2. The van der Waals surface area contributed by atoms with Crippen LogP contribution in [0.5, 0.6) is 0 Å². The van der Waals surface area contributed by atoms with Gasteiger partial charge in [0.25, 0.3) is 0 Å². The summed E-state index contributed by atoms with van der Waals surface area (Å²) in [5, 5.41) is 0. The fraction of sp³-hybridized carbons (Fsp3) is 0.500. The van der Waals surface area contributed by atoms with Crippen LogP contribution in [0, 0.1) is 6.92 Å². The predicted octanol–water partition coefficient (Wildman–Crippen LogP) is 3.86. The van der Waals surface area contributed by atoms with Crippen LogP contribution in [0.3, 0.4) is 0 Å². The summed E-state index contributed by atoms with van der Waals surface area (Å²) in [6.45, 7) is 11.3. The molecule has 1 atom stereocenters. The minimum Gasteiger partial charge on any atom is -0.359 e. The molecule has 2 nitrogen and oxygen atoms in total. The van der Waals surface area contributed by atoms with Gasteiger partial charge in [-0.1, -0.05) is 32.9 Å². The second-order valence-electron chi connectivity index (χ2n) is 6.20. The third kappa shape index (κ3) is 2.12. The Kier molecular flexibility index (Phi) is 3.14. The maximum absolute atomic E-state index is 2.34. The lowest BCUT2D eigenvalue weighted by molar-refractivity contribution is 0.383. The summed E-state index contributed by atoms with van der Waals surface area (Å²) in [6.07, 6.45) is 4.69. The summed E-state index contributed by atoms with van der Waals surface area (Å²) >= 11 is 0. The Balaban J connectivity index is 2.45. The van der Waals surface area contributed by atoms with Gasteiger partial charge in [0.05, 0.1) is 0 Å². The van der Waals surface area contributed by atoms with Gasteiger partial charge in [-0.05, 0) is 36.5 Å². The van der Waals surface area contributed by atoms with Crippen LogP contribution in [0.4, 0.5) is 5.69 Å². The third-order valence-electron chi connectivity index (χ3n) is 3.85. The highest BCUT2D eigenvalue weighted by Gasteiger charge is 2.24. The van der Waals surface area contributed by atoms with Crippen LogP contribution in [0.2, 0.25) is 0 Å². The Hall–Kier alpha value is -1.44. The number of hydrogen-bond donors (Lipinski definition) is 0. The Morgan fingerprint density at radius 2 is 1.78 bits per heavy atom. The monoisotopic (exact) mass is 244 g/mol. The quantitative estimate of drug-likeness (QED) is 0.740. The molecule has 18 heavy (non-hydrogen) atoms. The lowest BCUT2D eigenvalue weighted by Crippen LogP contribution is -2.34. The van der Waals surface area contributed by atoms with Gasteiger partial charge in [-0.25, -0.2) is 0 Å². The van der Waals surface area contributed by atoms with E-state index in [1.54, 1.807) is 0 Å². The molecule has 0 fully saturated rings. The Bertz CT molecular complexity index is 468. The summed E-state index contributed by atoms with van der Waals surface area (Å²) in [6, 6.07) is 6.62. The fourth-order valence-corrected chi connectivity index (χ4v) is 2.62. The SMILES string of the molecule is Cc1c(N2C=CN(C)[C@@H]2C)cccc1C(C)(C)C. The first-order valence-corrected chi connectivity index (χ1v) is 6.61. The van der Waals surface area contributed by atoms with E-state index in [9.17, 15) is 0 Å². The average molecular weight is 244 g/mol. The highest BCUT2D eigenvalue weighted by atomic mass is 15.4. The molecule has 1 aromatic rings. The van der Waals surface area contributed by atoms with Crippen LogP contribution >= 0.6 is 0 Å². The molecule has 1 aromatic carbocycles. The zero-order valence-corrected chi connectivity index (χ0v) is 12.4. The third-order valence-corrected chi connectivity index (χ3v) is 3.85. The maximum atomic E-state index is 2.34. The van der Waals surface area contributed by atoms with Crippen molar-refractivity contribution < 1.29 is 0 Å². The van der Waals surface area contributed by atoms with E-state index in [-0.39, 0.29) is 5.41 Å². The summed E-state index contributed by atoms with van der Waals surface area (Å²) in [7, 11) is 2.12. The molecule has 0 spiro atoms. The highest BCUT2D eigenvalue weighted by molar-refractivity contribution is 5.60. The van der Waals surface area contributed by atoms with E-state index in [1.807, 2.05) is 0 Å². The fourth-order valence-electron chi connectivity index (χ4n) is 2.62. The summed E-state index contributed by atoms with van der Waals surface area (Å²) < 4.78 is 0.